The predicted molar refractivity (Wildman–Crippen MR) is 82.4 cm³/mol. The Balaban J connectivity index is 2.00. The highest BCUT2D eigenvalue weighted by molar-refractivity contribution is 7.91. The fourth-order valence-electron chi connectivity index (χ4n) is 2.32. The van der Waals surface area contributed by atoms with Gasteiger partial charge in [0.05, 0.1) is 17.2 Å². The third-order valence-corrected chi connectivity index (χ3v) is 5.63. The molecule has 0 aromatic heterocycles. The average Bonchev–Trinajstić information content (AvgIpc) is 2.49. The molecule has 1 aromatic rings. The molecule has 0 saturated carbocycles. The van der Waals surface area contributed by atoms with Crippen molar-refractivity contribution in [2.24, 2.45) is 0 Å². The number of likely N-dealkylation sites (N-methyl/N-ethyl adjacent to an activating group) is 1. The molecule has 2 rings (SSSR count). The van der Waals surface area contributed by atoms with Crippen molar-refractivity contribution >= 4 is 15.6 Å². The van der Waals surface area contributed by atoms with Crippen molar-refractivity contribution in [3.8, 4) is 0 Å². The van der Waals surface area contributed by atoms with E-state index >= 15 is 0 Å². The lowest BCUT2D eigenvalue weighted by Gasteiger charge is -2.31. The molecular formula is C15H22N2O3S. The summed E-state index contributed by atoms with van der Waals surface area (Å²) in [6, 6.07) is 6.27. The van der Waals surface area contributed by atoms with E-state index in [4.69, 9.17) is 0 Å². The zero-order chi connectivity index (χ0) is 15.5. The Labute approximate surface area is 126 Å². The molecule has 0 N–H and O–H groups in total. The van der Waals surface area contributed by atoms with Crippen LogP contribution in [0.5, 0.6) is 0 Å². The van der Waals surface area contributed by atoms with E-state index in [0.29, 0.717) is 12.1 Å². The second-order valence-corrected chi connectivity index (χ2v) is 7.71. The van der Waals surface area contributed by atoms with Gasteiger partial charge in [0.1, 0.15) is 0 Å². The first-order valence-corrected chi connectivity index (χ1v) is 8.84. The second kappa shape index (κ2) is 6.68. The van der Waals surface area contributed by atoms with E-state index in [1.54, 1.807) is 19.1 Å². The molecular weight excluding hydrogens is 288 g/mol. The Morgan fingerprint density at radius 1 is 1.10 bits per heavy atom. The molecule has 5 nitrogen and oxygen atoms in total. The van der Waals surface area contributed by atoms with Crippen molar-refractivity contribution in [1.82, 2.24) is 9.80 Å². The van der Waals surface area contributed by atoms with E-state index in [9.17, 15) is 13.2 Å². The Hall–Kier alpha value is -1.24. The molecule has 21 heavy (non-hydrogen) atoms. The second-order valence-electron chi connectivity index (χ2n) is 5.43. The van der Waals surface area contributed by atoms with Crippen LogP contribution in [0.2, 0.25) is 0 Å². The molecule has 0 amide bonds. The van der Waals surface area contributed by atoms with Crippen LogP contribution in [0.4, 0.5) is 0 Å². The molecule has 0 aliphatic carbocycles. The molecule has 116 valence electrons. The number of carbonyl (C=O) groups excluding carboxylic acids is 1. The van der Waals surface area contributed by atoms with Crippen LogP contribution in [0.1, 0.15) is 17.3 Å². The molecule has 0 unspecified atom stereocenters. The maximum absolute atomic E-state index is 12.2. The maximum Gasteiger partial charge on any atom is 0.178 e. The van der Waals surface area contributed by atoms with Crippen molar-refractivity contribution in [2.45, 2.75) is 11.8 Å². The van der Waals surface area contributed by atoms with Crippen LogP contribution >= 0.6 is 0 Å². The number of piperazine rings is 1. The summed E-state index contributed by atoms with van der Waals surface area (Å²) in [5, 5.41) is 0. The van der Waals surface area contributed by atoms with Gasteiger partial charge in [-0.2, -0.15) is 0 Å². The van der Waals surface area contributed by atoms with E-state index < -0.39 is 9.84 Å². The average molecular weight is 310 g/mol. The zero-order valence-corrected chi connectivity index (χ0v) is 13.4. The number of carbonyl (C=O) groups is 1. The van der Waals surface area contributed by atoms with Crippen LogP contribution in [0.25, 0.3) is 0 Å². The zero-order valence-electron chi connectivity index (χ0n) is 12.6. The van der Waals surface area contributed by atoms with Crippen LogP contribution in [0, 0.1) is 0 Å². The molecule has 0 radical (unpaired) electrons. The first-order chi connectivity index (χ1) is 9.92. The van der Waals surface area contributed by atoms with Crippen LogP contribution in [0.15, 0.2) is 29.2 Å². The van der Waals surface area contributed by atoms with Crippen molar-refractivity contribution in [3.05, 3.63) is 29.8 Å². The number of hydrogen-bond donors (Lipinski definition) is 0. The van der Waals surface area contributed by atoms with Crippen LogP contribution in [-0.4, -0.2) is 69.5 Å². The van der Waals surface area contributed by atoms with Crippen molar-refractivity contribution in [2.75, 3.05) is 45.5 Å². The summed E-state index contributed by atoms with van der Waals surface area (Å²) >= 11 is 0. The fraction of sp³-hybridized carbons (Fsp3) is 0.533. The lowest BCUT2D eigenvalue weighted by atomic mass is 10.1. The number of sulfone groups is 1. The SMILES string of the molecule is CCS(=O)(=O)c1ccc(C(=O)CN2CCN(C)CC2)cc1. The number of Topliss-reactive ketones (excluding diaryl/α,β-unsaturated/α-hetero) is 1. The minimum absolute atomic E-state index is 0.0417. The van der Waals surface area contributed by atoms with E-state index in [2.05, 4.69) is 16.8 Å². The summed E-state index contributed by atoms with van der Waals surface area (Å²) in [4.78, 5) is 16.9. The van der Waals surface area contributed by atoms with Gasteiger partial charge >= 0.3 is 0 Å². The summed E-state index contributed by atoms with van der Waals surface area (Å²) in [6.45, 7) is 5.74. The number of benzene rings is 1. The molecule has 1 aliphatic rings. The third-order valence-electron chi connectivity index (χ3n) is 3.88. The Morgan fingerprint density at radius 3 is 2.19 bits per heavy atom. The number of hydrogen-bond acceptors (Lipinski definition) is 5. The van der Waals surface area contributed by atoms with Gasteiger partial charge in [-0.15, -0.1) is 0 Å². The van der Waals surface area contributed by atoms with Gasteiger partial charge in [0.2, 0.25) is 0 Å². The highest BCUT2D eigenvalue weighted by Crippen LogP contribution is 2.13. The Kier molecular flexibility index (Phi) is 5.13. The van der Waals surface area contributed by atoms with Gasteiger partial charge in [-0.05, 0) is 19.2 Å². The van der Waals surface area contributed by atoms with E-state index in [0.717, 1.165) is 26.2 Å². The maximum atomic E-state index is 12.2. The van der Waals surface area contributed by atoms with Crippen molar-refractivity contribution in [3.63, 3.8) is 0 Å². The Morgan fingerprint density at radius 2 is 1.67 bits per heavy atom. The van der Waals surface area contributed by atoms with Gasteiger partial charge in [-0.3, -0.25) is 9.69 Å². The Bertz CT molecular complexity index is 588. The molecule has 6 heteroatoms. The van der Waals surface area contributed by atoms with Gasteiger partial charge < -0.3 is 4.90 Å². The van der Waals surface area contributed by atoms with Gasteiger partial charge in [0, 0.05) is 31.7 Å². The largest absolute Gasteiger partial charge is 0.304 e. The minimum Gasteiger partial charge on any atom is -0.304 e. The van der Waals surface area contributed by atoms with Crippen molar-refractivity contribution < 1.29 is 13.2 Å². The number of nitrogens with zero attached hydrogens (tertiary/aromatic N) is 2. The lowest BCUT2D eigenvalue weighted by molar-refractivity contribution is 0.0876. The summed E-state index contributed by atoms with van der Waals surface area (Å²) in [6.07, 6.45) is 0. The van der Waals surface area contributed by atoms with Gasteiger partial charge in [0.25, 0.3) is 0 Å². The summed E-state index contributed by atoms with van der Waals surface area (Å²) in [5.41, 5.74) is 0.573. The van der Waals surface area contributed by atoms with E-state index in [1.807, 2.05) is 0 Å². The first-order valence-electron chi connectivity index (χ1n) is 7.19. The van der Waals surface area contributed by atoms with Gasteiger partial charge in [-0.1, -0.05) is 19.1 Å². The molecule has 1 aliphatic heterocycles. The molecule has 1 heterocycles. The molecule has 1 fully saturated rings. The highest BCUT2D eigenvalue weighted by atomic mass is 32.2. The quantitative estimate of drug-likeness (QED) is 0.757. The summed E-state index contributed by atoms with van der Waals surface area (Å²) < 4.78 is 23.5. The van der Waals surface area contributed by atoms with E-state index in [-0.39, 0.29) is 16.4 Å². The lowest BCUT2D eigenvalue weighted by Crippen LogP contribution is -2.46. The van der Waals surface area contributed by atoms with E-state index in [1.165, 1.54) is 12.1 Å². The topological polar surface area (TPSA) is 57.7 Å². The molecule has 1 aromatic carbocycles. The minimum atomic E-state index is -3.20. The molecule has 0 atom stereocenters. The highest BCUT2D eigenvalue weighted by Gasteiger charge is 2.18. The molecule has 0 bridgehead atoms. The van der Waals surface area contributed by atoms with Crippen molar-refractivity contribution in [1.29, 1.82) is 0 Å². The van der Waals surface area contributed by atoms with Crippen LogP contribution < -0.4 is 0 Å². The normalized spacial score (nSPS) is 17.8. The predicted octanol–water partition coefficient (Wildman–Crippen LogP) is 0.910. The summed E-state index contributed by atoms with van der Waals surface area (Å²) in [7, 11) is -1.13. The van der Waals surface area contributed by atoms with Crippen LogP contribution in [0.3, 0.4) is 0 Å². The van der Waals surface area contributed by atoms with Gasteiger partial charge in [0.15, 0.2) is 15.6 Å². The standard InChI is InChI=1S/C15H22N2O3S/c1-3-21(19,20)14-6-4-13(5-7-14)15(18)12-17-10-8-16(2)9-11-17/h4-7H,3,8-12H2,1-2H3. The van der Waals surface area contributed by atoms with Crippen LogP contribution in [-0.2, 0) is 9.84 Å². The fourth-order valence-corrected chi connectivity index (χ4v) is 3.20. The number of rotatable bonds is 5. The summed E-state index contributed by atoms with van der Waals surface area (Å²) in [5.74, 6) is 0.113. The smallest absolute Gasteiger partial charge is 0.178 e. The molecule has 1 saturated heterocycles. The van der Waals surface area contributed by atoms with Gasteiger partial charge in [-0.25, -0.2) is 8.42 Å². The third kappa shape index (κ3) is 4.12. The monoisotopic (exact) mass is 310 g/mol. The molecule has 0 spiro atoms. The first kappa shape index (κ1) is 16.1. The number of ketones is 1.